The third-order valence-electron chi connectivity index (χ3n) is 14.3. The molecule has 4 saturated carbocycles. The molecule has 7 fully saturated rings. The summed E-state index contributed by atoms with van der Waals surface area (Å²) in [6.45, 7) is 7.42. The number of aliphatic hydroxyl groups excluding tert-OH is 6. The lowest BCUT2D eigenvalue weighted by Crippen LogP contribution is -2.69. The standard InChI is InChI=1S/C33H52O13/c1-14-12-43-33(13-32(14,42)46-28-27(40)26(39)25(38)22(11-34)44-28)15(2)24-21(45-33)8-18-16-7-23(37)31(41)10-20(36)19(35)9-30(31,4)17(16)5-6-29(18,24)3/h14-22,24-28,34-36,38-42H,5-13H2,1-4H3/t14-,15-,16+,17-,18-,19+,20+,21-,22+,24-,25+,26-,27+,28-,29-,30+,31+,32-,33+/m0/s1. The molecule has 0 radical (unpaired) electrons. The van der Waals surface area contributed by atoms with Crippen LogP contribution in [0, 0.1) is 46.3 Å². The van der Waals surface area contributed by atoms with E-state index in [0.717, 1.165) is 12.8 Å². The van der Waals surface area contributed by atoms with E-state index in [1.165, 1.54) is 0 Å². The SMILES string of the molecule is C[C@H]1[C@H]2[C@H](C[C@H]3[C@@H]4CC(=O)[C@]5(O)C[C@@H](O)[C@H](O)C[C@]5(C)[C@H]4CC[C@]23C)O[C@]12C[C@](O)(O[C@@H]1O[C@H](CO)[C@@H](O)[C@H](O)[C@H]1O)[C@@H](C)CO2. The van der Waals surface area contributed by atoms with Gasteiger partial charge in [0.1, 0.15) is 30.0 Å². The molecule has 0 amide bonds. The maximum Gasteiger partial charge on any atom is 0.189 e. The Bertz CT molecular complexity index is 1220. The quantitative estimate of drug-likeness (QED) is 0.174. The van der Waals surface area contributed by atoms with Crippen molar-refractivity contribution in [2.24, 2.45) is 46.3 Å². The Hall–Kier alpha value is -0.810. The molecule has 8 N–H and O–H groups in total. The Morgan fingerprint density at radius 2 is 1.65 bits per heavy atom. The minimum absolute atomic E-state index is 0.00215. The average Bonchev–Trinajstić information content (AvgIpc) is 3.43. The zero-order valence-electron chi connectivity index (χ0n) is 27.1. The number of Topliss-reactive ketones (excluding diaryl/α,β-unsaturated/α-hetero) is 1. The van der Waals surface area contributed by atoms with Crippen molar-refractivity contribution in [3.05, 3.63) is 0 Å². The van der Waals surface area contributed by atoms with Gasteiger partial charge in [-0.3, -0.25) is 4.79 Å². The highest BCUT2D eigenvalue weighted by Gasteiger charge is 2.73. The number of hydrogen-bond donors (Lipinski definition) is 8. The van der Waals surface area contributed by atoms with Gasteiger partial charge in [0.2, 0.25) is 0 Å². The van der Waals surface area contributed by atoms with Crippen molar-refractivity contribution in [2.45, 2.75) is 139 Å². The van der Waals surface area contributed by atoms with E-state index in [1.807, 2.05) is 6.92 Å². The zero-order chi connectivity index (χ0) is 33.4. The summed E-state index contributed by atoms with van der Waals surface area (Å²) in [5.41, 5.74) is -2.74. The predicted octanol–water partition coefficient (Wildman–Crippen LogP) is -0.826. The molecule has 0 aromatic rings. The van der Waals surface area contributed by atoms with E-state index in [0.29, 0.717) is 6.42 Å². The van der Waals surface area contributed by atoms with Crippen molar-refractivity contribution in [1.29, 1.82) is 0 Å². The molecule has 4 aliphatic carbocycles. The van der Waals surface area contributed by atoms with Crippen molar-refractivity contribution in [1.82, 2.24) is 0 Å². The molecule has 46 heavy (non-hydrogen) atoms. The fourth-order valence-corrected chi connectivity index (χ4v) is 11.6. The molecule has 13 heteroatoms. The monoisotopic (exact) mass is 656 g/mol. The number of rotatable bonds is 3. The minimum Gasteiger partial charge on any atom is -0.394 e. The van der Waals surface area contributed by atoms with Crippen LogP contribution in [0.1, 0.15) is 72.6 Å². The number of fused-ring (bicyclic) bond motifs is 7. The van der Waals surface area contributed by atoms with Crippen LogP contribution < -0.4 is 0 Å². The van der Waals surface area contributed by atoms with Crippen molar-refractivity contribution < 1.29 is 64.6 Å². The number of hydrogen-bond acceptors (Lipinski definition) is 13. The molecular weight excluding hydrogens is 604 g/mol. The molecule has 7 rings (SSSR count). The van der Waals surface area contributed by atoms with Crippen LogP contribution >= 0.6 is 0 Å². The lowest BCUT2D eigenvalue weighted by molar-refractivity contribution is -0.415. The predicted molar refractivity (Wildman–Crippen MR) is 156 cm³/mol. The molecular formula is C33H52O13. The van der Waals surface area contributed by atoms with Gasteiger partial charge in [-0.25, -0.2) is 0 Å². The summed E-state index contributed by atoms with van der Waals surface area (Å²) in [7, 11) is 0. The first-order valence-corrected chi connectivity index (χ1v) is 17.1. The van der Waals surface area contributed by atoms with Crippen LogP contribution in [0.3, 0.4) is 0 Å². The summed E-state index contributed by atoms with van der Waals surface area (Å²) in [5, 5.41) is 85.4. The molecule has 0 aromatic carbocycles. The van der Waals surface area contributed by atoms with E-state index in [1.54, 1.807) is 6.92 Å². The molecule has 3 aliphatic heterocycles. The van der Waals surface area contributed by atoms with Gasteiger partial charge in [0, 0.05) is 30.1 Å². The molecule has 0 aromatic heterocycles. The largest absolute Gasteiger partial charge is 0.394 e. The highest BCUT2D eigenvalue weighted by atomic mass is 16.8. The third kappa shape index (κ3) is 4.40. The highest BCUT2D eigenvalue weighted by molar-refractivity contribution is 5.89. The normalized spacial score (nSPS) is 61.6. The second-order valence-electron chi connectivity index (χ2n) is 16.4. The summed E-state index contributed by atoms with van der Waals surface area (Å²) in [4.78, 5) is 13.7. The van der Waals surface area contributed by atoms with Crippen LogP contribution in [0.15, 0.2) is 0 Å². The summed E-state index contributed by atoms with van der Waals surface area (Å²) < 4.78 is 24.8. The van der Waals surface area contributed by atoms with Crippen LogP contribution in [0.5, 0.6) is 0 Å². The molecule has 0 unspecified atom stereocenters. The first-order valence-electron chi connectivity index (χ1n) is 17.1. The fourth-order valence-electron chi connectivity index (χ4n) is 11.6. The van der Waals surface area contributed by atoms with Crippen molar-refractivity contribution in [3.63, 3.8) is 0 Å². The van der Waals surface area contributed by atoms with Crippen LogP contribution in [-0.4, -0.2) is 126 Å². The minimum atomic E-state index is -1.89. The highest BCUT2D eigenvalue weighted by Crippen LogP contribution is 2.71. The molecule has 262 valence electrons. The summed E-state index contributed by atoms with van der Waals surface area (Å²) in [6.07, 6.45) is -7.53. The van der Waals surface area contributed by atoms with Crippen molar-refractivity contribution in [2.75, 3.05) is 13.2 Å². The molecule has 0 bridgehead atoms. The van der Waals surface area contributed by atoms with Gasteiger partial charge >= 0.3 is 0 Å². The summed E-state index contributed by atoms with van der Waals surface area (Å²) >= 11 is 0. The van der Waals surface area contributed by atoms with Gasteiger partial charge < -0.3 is 59.8 Å². The maximum absolute atomic E-state index is 13.7. The van der Waals surface area contributed by atoms with E-state index >= 15 is 0 Å². The molecule has 19 atom stereocenters. The zero-order valence-corrected chi connectivity index (χ0v) is 27.1. The van der Waals surface area contributed by atoms with E-state index in [4.69, 9.17) is 18.9 Å². The smallest absolute Gasteiger partial charge is 0.189 e. The molecule has 3 saturated heterocycles. The summed E-state index contributed by atoms with van der Waals surface area (Å²) in [6, 6.07) is 0. The van der Waals surface area contributed by atoms with Gasteiger partial charge in [-0.2, -0.15) is 0 Å². The van der Waals surface area contributed by atoms with Gasteiger partial charge in [0.15, 0.2) is 23.6 Å². The van der Waals surface area contributed by atoms with Gasteiger partial charge in [0.25, 0.3) is 0 Å². The van der Waals surface area contributed by atoms with Crippen LogP contribution in [0.25, 0.3) is 0 Å². The Morgan fingerprint density at radius 1 is 0.957 bits per heavy atom. The second-order valence-corrected chi connectivity index (χ2v) is 16.4. The molecule has 3 heterocycles. The fraction of sp³-hybridized carbons (Fsp3) is 0.970. The van der Waals surface area contributed by atoms with Crippen LogP contribution in [-0.2, 0) is 23.7 Å². The van der Waals surface area contributed by atoms with Gasteiger partial charge in [-0.05, 0) is 54.8 Å². The lowest BCUT2D eigenvalue weighted by Gasteiger charge is -2.63. The van der Waals surface area contributed by atoms with E-state index in [-0.39, 0.29) is 79.2 Å². The Balaban J connectivity index is 1.12. The topological polar surface area (TPSA) is 216 Å². The number of carbonyl (C=O) groups excluding carboxylic acids is 1. The molecule has 13 nitrogen and oxygen atoms in total. The van der Waals surface area contributed by atoms with Gasteiger partial charge in [-0.1, -0.05) is 27.7 Å². The number of ether oxygens (including phenoxy) is 4. The maximum atomic E-state index is 13.7. The first-order chi connectivity index (χ1) is 21.4. The first kappa shape index (κ1) is 33.7. The lowest BCUT2D eigenvalue weighted by atomic mass is 9.42. The van der Waals surface area contributed by atoms with Gasteiger partial charge in [0.05, 0.1) is 37.9 Å². The van der Waals surface area contributed by atoms with Gasteiger partial charge in [-0.15, -0.1) is 0 Å². The van der Waals surface area contributed by atoms with Crippen LogP contribution in [0.2, 0.25) is 0 Å². The number of carbonyl (C=O) groups is 1. The summed E-state index contributed by atoms with van der Waals surface area (Å²) in [5.74, 6) is -3.97. The Labute approximate surface area is 268 Å². The molecule has 1 spiro atoms. The second kappa shape index (κ2) is 10.8. The number of aliphatic hydroxyl groups is 8. The number of ketones is 1. The van der Waals surface area contributed by atoms with Crippen molar-refractivity contribution >= 4 is 5.78 Å². The van der Waals surface area contributed by atoms with E-state index in [2.05, 4.69) is 13.8 Å². The third-order valence-corrected chi connectivity index (χ3v) is 14.3. The molecule has 7 aliphatic rings. The van der Waals surface area contributed by atoms with E-state index < -0.39 is 78.0 Å². The average molecular weight is 657 g/mol. The van der Waals surface area contributed by atoms with Crippen LogP contribution in [0.4, 0.5) is 0 Å². The Morgan fingerprint density at radius 3 is 2.35 bits per heavy atom. The Kier molecular flexibility index (Phi) is 7.94. The van der Waals surface area contributed by atoms with Crippen molar-refractivity contribution in [3.8, 4) is 0 Å². The van der Waals surface area contributed by atoms with E-state index in [9.17, 15) is 45.6 Å².